The predicted molar refractivity (Wildman–Crippen MR) is 86.9 cm³/mol. The van der Waals surface area contributed by atoms with Crippen LogP contribution < -0.4 is 0 Å². The van der Waals surface area contributed by atoms with Gasteiger partial charge in [-0.15, -0.1) is 0 Å². The van der Waals surface area contributed by atoms with Crippen LogP contribution >= 0.6 is 0 Å². The summed E-state index contributed by atoms with van der Waals surface area (Å²) in [7, 11) is 0. The third-order valence-electron chi connectivity index (χ3n) is 3.18. The number of hydrogen-bond donors (Lipinski definition) is 1. The molecule has 0 amide bonds. The van der Waals surface area contributed by atoms with Gasteiger partial charge in [-0.3, -0.25) is 0 Å². The third kappa shape index (κ3) is 16.7. The van der Waals surface area contributed by atoms with Crippen molar-refractivity contribution in [2.45, 2.75) is 71.1 Å². The largest absolute Gasteiger partial charge is 0.478 e. The summed E-state index contributed by atoms with van der Waals surface area (Å²) in [6, 6.07) is 0. The minimum Gasteiger partial charge on any atom is -0.478 e. The van der Waals surface area contributed by atoms with Gasteiger partial charge in [0.25, 0.3) is 0 Å². The van der Waals surface area contributed by atoms with Crippen LogP contribution in [0.4, 0.5) is 0 Å². The average Bonchev–Trinajstić information content (AvgIpc) is 2.43. The van der Waals surface area contributed by atoms with E-state index >= 15 is 0 Å². The van der Waals surface area contributed by atoms with Crippen LogP contribution in [0.5, 0.6) is 0 Å². The molecule has 0 spiro atoms. The van der Waals surface area contributed by atoms with Gasteiger partial charge < -0.3 is 5.11 Å². The van der Waals surface area contributed by atoms with E-state index in [0.717, 1.165) is 12.5 Å². The summed E-state index contributed by atoms with van der Waals surface area (Å²) in [5, 5.41) is 8.38. The maximum absolute atomic E-state index is 10.2. The minimum absolute atomic E-state index is 0.909. The van der Waals surface area contributed by atoms with Gasteiger partial charge in [-0.25, -0.2) is 4.79 Å². The van der Waals surface area contributed by atoms with Crippen LogP contribution in [-0.4, -0.2) is 11.1 Å². The van der Waals surface area contributed by atoms with Crippen molar-refractivity contribution in [1.82, 2.24) is 0 Å². The molecule has 0 aromatic carbocycles. The van der Waals surface area contributed by atoms with Crippen LogP contribution in [-0.2, 0) is 4.79 Å². The smallest absolute Gasteiger partial charge is 0.328 e. The van der Waals surface area contributed by atoms with E-state index in [4.69, 9.17) is 5.11 Å². The number of carboxylic acids is 1. The van der Waals surface area contributed by atoms with Gasteiger partial charge in [0.15, 0.2) is 0 Å². The van der Waals surface area contributed by atoms with Crippen LogP contribution in [0, 0.1) is 0 Å². The molecule has 0 rings (SSSR count). The van der Waals surface area contributed by atoms with Gasteiger partial charge in [-0.1, -0.05) is 88.7 Å². The Labute approximate surface area is 124 Å². The Balaban J connectivity index is 3.25. The van der Waals surface area contributed by atoms with Crippen molar-refractivity contribution in [2.24, 2.45) is 0 Å². The number of rotatable bonds is 13. The molecule has 0 saturated heterocycles. The monoisotopic (exact) mass is 278 g/mol. The van der Waals surface area contributed by atoms with Crippen LogP contribution in [0.1, 0.15) is 71.1 Å². The zero-order chi connectivity index (χ0) is 14.9. The van der Waals surface area contributed by atoms with E-state index in [2.05, 4.69) is 13.0 Å². The Bertz CT molecular complexity index is 301. The van der Waals surface area contributed by atoms with Gasteiger partial charge in [0.05, 0.1) is 0 Å². The highest BCUT2D eigenvalue weighted by molar-refractivity contribution is 5.80. The fourth-order valence-electron chi connectivity index (χ4n) is 2.01. The molecule has 0 radical (unpaired) electrons. The maximum Gasteiger partial charge on any atom is 0.328 e. The highest BCUT2D eigenvalue weighted by Crippen LogP contribution is 2.10. The first kappa shape index (κ1) is 18.7. The Morgan fingerprint density at radius 3 is 1.95 bits per heavy atom. The fourth-order valence-corrected chi connectivity index (χ4v) is 2.01. The summed E-state index contributed by atoms with van der Waals surface area (Å²) in [6.45, 7) is 2.26. The van der Waals surface area contributed by atoms with E-state index in [1.807, 2.05) is 12.2 Å². The van der Waals surface area contributed by atoms with Crippen LogP contribution in [0.3, 0.4) is 0 Å². The molecular formula is C18H30O2. The van der Waals surface area contributed by atoms with Crippen LogP contribution in [0.25, 0.3) is 0 Å². The van der Waals surface area contributed by atoms with Crippen molar-refractivity contribution in [3.8, 4) is 0 Å². The Morgan fingerprint density at radius 1 is 0.800 bits per heavy atom. The number of allylic oxidation sites excluding steroid dienone is 5. The van der Waals surface area contributed by atoms with E-state index < -0.39 is 5.97 Å². The van der Waals surface area contributed by atoms with Crippen molar-refractivity contribution < 1.29 is 9.90 Å². The van der Waals surface area contributed by atoms with E-state index in [0.29, 0.717) is 0 Å². The second kappa shape index (κ2) is 15.7. The molecule has 0 aliphatic carbocycles. The van der Waals surface area contributed by atoms with Gasteiger partial charge in [0, 0.05) is 6.08 Å². The second-order valence-electron chi connectivity index (χ2n) is 5.13. The molecule has 0 atom stereocenters. The molecule has 0 saturated carbocycles. The first-order chi connectivity index (χ1) is 9.77. The van der Waals surface area contributed by atoms with Gasteiger partial charge in [0.2, 0.25) is 0 Å². The molecule has 0 aliphatic rings. The van der Waals surface area contributed by atoms with Crippen molar-refractivity contribution in [3.63, 3.8) is 0 Å². The van der Waals surface area contributed by atoms with Crippen molar-refractivity contribution in [1.29, 1.82) is 0 Å². The summed E-state index contributed by atoms with van der Waals surface area (Å²) >= 11 is 0. The summed E-state index contributed by atoms with van der Waals surface area (Å²) in [6.07, 6.45) is 23.7. The molecular weight excluding hydrogens is 248 g/mol. The van der Waals surface area contributed by atoms with E-state index in [1.165, 1.54) is 63.9 Å². The molecule has 2 nitrogen and oxygen atoms in total. The zero-order valence-corrected chi connectivity index (χ0v) is 12.9. The van der Waals surface area contributed by atoms with Crippen LogP contribution in [0.15, 0.2) is 36.5 Å². The van der Waals surface area contributed by atoms with Gasteiger partial charge >= 0.3 is 5.97 Å². The van der Waals surface area contributed by atoms with E-state index in [-0.39, 0.29) is 0 Å². The lowest BCUT2D eigenvalue weighted by atomic mass is 10.1. The quantitative estimate of drug-likeness (QED) is 0.268. The number of hydrogen-bond acceptors (Lipinski definition) is 1. The molecule has 114 valence electrons. The molecule has 0 fully saturated rings. The lowest BCUT2D eigenvalue weighted by Gasteiger charge is -2.00. The van der Waals surface area contributed by atoms with Crippen molar-refractivity contribution in [3.05, 3.63) is 36.5 Å². The molecule has 2 heteroatoms. The number of unbranched alkanes of at least 4 members (excludes halogenated alkanes) is 9. The average molecular weight is 278 g/mol. The summed E-state index contributed by atoms with van der Waals surface area (Å²) < 4.78 is 0. The minimum atomic E-state index is -0.909. The standard InChI is InChI=1S/C18H30O2/c1-2-3-4-5-6-7-8-9-10-11-12-13-14-15-16-17-18(19)20/h12-17H,2-11H2,1H3,(H,19,20)/b13-12-,15-14+,17-16-. The molecule has 20 heavy (non-hydrogen) atoms. The SMILES string of the molecule is CCCCCCCCCCC\C=C/C=C/C=C\C(=O)O. The first-order valence-corrected chi connectivity index (χ1v) is 8.00. The predicted octanol–water partition coefficient (Wildman–Crippen LogP) is 5.66. The lowest BCUT2D eigenvalue weighted by Crippen LogP contribution is -1.84. The molecule has 1 N–H and O–H groups in total. The number of aliphatic carboxylic acids is 1. The molecule has 0 aliphatic heterocycles. The fraction of sp³-hybridized carbons (Fsp3) is 0.611. The second-order valence-corrected chi connectivity index (χ2v) is 5.13. The lowest BCUT2D eigenvalue weighted by molar-refractivity contribution is -0.131. The molecule has 0 heterocycles. The molecule has 0 aromatic rings. The normalized spacial score (nSPS) is 12.1. The van der Waals surface area contributed by atoms with Gasteiger partial charge in [-0.05, 0) is 12.8 Å². The third-order valence-corrected chi connectivity index (χ3v) is 3.18. The summed E-state index contributed by atoms with van der Waals surface area (Å²) in [5.74, 6) is -0.909. The molecule has 0 unspecified atom stereocenters. The summed E-state index contributed by atoms with van der Waals surface area (Å²) in [5.41, 5.74) is 0. The Kier molecular flexibility index (Phi) is 14.7. The van der Waals surface area contributed by atoms with E-state index in [9.17, 15) is 4.79 Å². The zero-order valence-electron chi connectivity index (χ0n) is 12.9. The summed E-state index contributed by atoms with van der Waals surface area (Å²) in [4.78, 5) is 10.2. The van der Waals surface area contributed by atoms with Gasteiger partial charge in [-0.2, -0.15) is 0 Å². The molecule has 0 aromatic heterocycles. The van der Waals surface area contributed by atoms with Crippen LogP contribution in [0.2, 0.25) is 0 Å². The Hall–Kier alpha value is -1.31. The van der Waals surface area contributed by atoms with Crippen molar-refractivity contribution in [2.75, 3.05) is 0 Å². The van der Waals surface area contributed by atoms with Gasteiger partial charge in [0.1, 0.15) is 0 Å². The first-order valence-electron chi connectivity index (χ1n) is 8.00. The highest BCUT2D eigenvalue weighted by atomic mass is 16.4. The highest BCUT2D eigenvalue weighted by Gasteiger charge is 1.90. The van der Waals surface area contributed by atoms with Crippen molar-refractivity contribution >= 4 is 5.97 Å². The molecule has 0 bridgehead atoms. The number of carboxylic acid groups (broad SMARTS) is 1. The maximum atomic E-state index is 10.2. The van der Waals surface area contributed by atoms with E-state index in [1.54, 1.807) is 6.08 Å². The number of carbonyl (C=O) groups is 1. The Morgan fingerprint density at radius 2 is 1.35 bits per heavy atom. The topological polar surface area (TPSA) is 37.3 Å².